The van der Waals surface area contributed by atoms with E-state index in [0.717, 1.165) is 33.2 Å². The van der Waals surface area contributed by atoms with E-state index in [1.807, 2.05) is 18.7 Å². The summed E-state index contributed by atoms with van der Waals surface area (Å²) in [5.41, 5.74) is 1.57. The lowest BCUT2D eigenvalue weighted by Crippen LogP contribution is -2.18. The number of aromatic nitrogens is 1. The predicted octanol–water partition coefficient (Wildman–Crippen LogP) is 3.43. The third-order valence-electron chi connectivity index (χ3n) is 3.10. The number of thiazole rings is 1. The monoisotopic (exact) mass is 295 g/mol. The molecule has 1 atom stereocenters. The van der Waals surface area contributed by atoms with Gasteiger partial charge in [0.2, 0.25) is 0 Å². The Bertz CT molecular complexity index is 635. The molecule has 0 aliphatic carbocycles. The van der Waals surface area contributed by atoms with Crippen LogP contribution in [0.3, 0.4) is 0 Å². The summed E-state index contributed by atoms with van der Waals surface area (Å²) in [4.78, 5) is 15.3. The van der Waals surface area contributed by atoms with Gasteiger partial charge in [0.1, 0.15) is 5.69 Å². The largest absolute Gasteiger partial charge is 0.376 e. The number of hydrogen-bond acceptors (Lipinski definition) is 6. The maximum Gasteiger partial charge on any atom is 0.293 e. The van der Waals surface area contributed by atoms with Crippen molar-refractivity contribution in [2.24, 2.45) is 0 Å². The number of hydrogen-bond donors (Lipinski definition) is 1. The first-order valence-electron chi connectivity index (χ1n) is 6.03. The van der Waals surface area contributed by atoms with Gasteiger partial charge < -0.3 is 5.32 Å². The van der Waals surface area contributed by atoms with Crippen molar-refractivity contribution in [2.75, 3.05) is 16.8 Å². The third kappa shape index (κ3) is 2.52. The van der Waals surface area contributed by atoms with Gasteiger partial charge in [0, 0.05) is 17.9 Å². The molecule has 2 aromatic rings. The van der Waals surface area contributed by atoms with E-state index in [0.29, 0.717) is 11.7 Å². The van der Waals surface area contributed by atoms with Gasteiger partial charge in [0.25, 0.3) is 5.69 Å². The number of aryl methyl sites for hydroxylation is 1. The topological polar surface area (TPSA) is 68.1 Å². The van der Waals surface area contributed by atoms with Gasteiger partial charge in [-0.3, -0.25) is 10.1 Å². The molecule has 1 aliphatic rings. The van der Waals surface area contributed by atoms with Crippen LogP contribution in [0.25, 0.3) is 10.2 Å². The minimum atomic E-state index is -0.321. The Labute approximate surface area is 118 Å². The lowest BCUT2D eigenvalue weighted by Gasteiger charge is -2.12. The summed E-state index contributed by atoms with van der Waals surface area (Å²) in [6.07, 6.45) is 1.05. The molecule has 100 valence electrons. The number of anilines is 1. The van der Waals surface area contributed by atoms with Gasteiger partial charge in [-0.1, -0.05) is 0 Å². The van der Waals surface area contributed by atoms with Crippen molar-refractivity contribution < 1.29 is 4.92 Å². The minimum absolute atomic E-state index is 0.146. The van der Waals surface area contributed by atoms with Crippen molar-refractivity contribution in [3.63, 3.8) is 0 Å². The van der Waals surface area contributed by atoms with Crippen LogP contribution in [0.4, 0.5) is 11.4 Å². The van der Waals surface area contributed by atoms with Crippen molar-refractivity contribution in [3.8, 4) is 0 Å². The Kier molecular flexibility index (Phi) is 3.32. The van der Waals surface area contributed by atoms with E-state index in [1.54, 1.807) is 12.1 Å². The lowest BCUT2D eigenvalue weighted by molar-refractivity contribution is -0.383. The first-order chi connectivity index (χ1) is 9.13. The number of nitrogens with one attached hydrogen (secondary N) is 1. The van der Waals surface area contributed by atoms with Crippen molar-refractivity contribution in [2.45, 2.75) is 19.4 Å². The first-order valence-corrected chi connectivity index (χ1v) is 8.00. The smallest absolute Gasteiger partial charge is 0.293 e. The molecule has 0 radical (unpaired) electrons. The molecular formula is C12H13N3O2S2. The van der Waals surface area contributed by atoms with Crippen LogP contribution in [0.5, 0.6) is 0 Å². The van der Waals surface area contributed by atoms with Crippen molar-refractivity contribution in [3.05, 3.63) is 27.3 Å². The van der Waals surface area contributed by atoms with E-state index in [4.69, 9.17) is 0 Å². The van der Waals surface area contributed by atoms with E-state index in [9.17, 15) is 10.1 Å². The molecule has 5 nitrogen and oxygen atoms in total. The van der Waals surface area contributed by atoms with Crippen LogP contribution < -0.4 is 5.32 Å². The average molecular weight is 295 g/mol. The molecule has 0 spiro atoms. The van der Waals surface area contributed by atoms with Gasteiger partial charge in [-0.15, -0.1) is 11.3 Å². The molecule has 7 heteroatoms. The summed E-state index contributed by atoms with van der Waals surface area (Å²) >= 11 is 3.37. The molecule has 1 unspecified atom stereocenters. The molecule has 1 aliphatic heterocycles. The fraction of sp³-hybridized carbons (Fsp3) is 0.417. The highest BCUT2D eigenvalue weighted by atomic mass is 32.2. The van der Waals surface area contributed by atoms with Crippen LogP contribution in [0.15, 0.2) is 12.1 Å². The zero-order chi connectivity index (χ0) is 13.4. The standard InChI is InChI=1S/C12H13N3O2S2/c1-7-13-10-4-9(14-8-2-3-18-6-8)11(15(16)17)5-12(10)19-7/h4-5,8,14H,2-3,6H2,1H3. The summed E-state index contributed by atoms with van der Waals surface area (Å²) < 4.78 is 0.871. The van der Waals surface area contributed by atoms with E-state index < -0.39 is 0 Å². The molecule has 1 saturated heterocycles. The quantitative estimate of drug-likeness (QED) is 0.694. The van der Waals surface area contributed by atoms with E-state index >= 15 is 0 Å². The molecule has 1 N–H and O–H groups in total. The molecule has 19 heavy (non-hydrogen) atoms. The van der Waals surface area contributed by atoms with Gasteiger partial charge in [0.15, 0.2) is 0 Å². The Balaban J connectivity index is 2.03. The summed E-state index contributed by atoms with van der Waals surface area (Å²) in [7, 11) is 0. The lowest BCUT2D eigenvalue weighted by atomic mass is 10.2. The van der Waals surface area contributed by atoms with Crippen molar-refractivity contribution >= 4 is 44.7 Å². The molecule has 0 amide bonds. The molecule has 1 aromatic heterocycles. The molecule has 1 fully saturated rings. The molecule has 2 heterocycles. The second-order valence-corrected chi connectivity index (χ2v) is 6.92. The maximum atomic E-state index is 11.2. The van der Waals surface area contributed by atoms with Crippen LogP contribution >= 0.6 is 23.1 Å². The summed E-state index contributed by atoms with van der Waals surface area (Å²) in [5.74, 6) is 2.12. The van der Waals surface area contributed by atoms with Crippen LogP contribution in [0.1, 0.15) is 11.4 Å². The number of benzene rings is 1. The summed E-state index contributed by atoms with van der Waals surface area (Å²) in [5, 5.41) is 15.4. The van der Waals surface area contributed by atoms with Crippen LogP contribution in [-0.2, 0) is 0 Å². The average Bonchev–Trinajstić information content (AvgIpc) is 2.95. The number of nitro benzene ring substituents is 1. The number of rotatable bonds is 3. The Morgan fingerprint density at radius 2 is 2.37 bits per heavy atom. The highest BCUT2D eigenvalue weighted by molar-refractivity contribution is 7.99. The summed E-state index contributed by atoms with van der Waals surface area (Å²) in [6, 6.07) is 3.76. The third-order valence-corrected chi connectivity index (χ3v) is 5.19. The predicted molar refractivity (Wildman–Crippen MR) is 80.4 cm³/mol. The van der Waals surface area contributed by atoms with Crippen LogP contribution in [-0.4, -0.2) is 27.5 Å². The molecule has 3 rings (SSSR count). The molecule has 1 aromatic carbocycles. The van der Waals surface area contributed by atoms with Crippen molar-refractivity contribution in [1.82, 2.24) is 4.98 Å². The highest BCUT2D eigenvalue weighted by Crippen LogP contribution is 2.34. The SMILES string of the molecule is Cc1nc2cc(NC3CCSC3)c([N+](=O)[O-])cc2s1. The number of nitrogens with zero attached hydrogens (tertiary/aromatic N) is 2. The number of nitro groups is 1. The normalized spacial score (nSPS) is 18.9. The Hall–Kier alpha value is -1.34. The molecule has 0 bridgehead atoms. The maximum absolute atomic E-state index is 11.2. The van der Waals surface area contributed by atoms with Gasteiger partial charge in [-0.25, -0.2) is 4.98 Å². The second kappa shape index (κ2) is 4.97. The van der Waals surface area contributed by atoms with Gasteiger partial charge in [-0.2, -0.15) is 11.8 Å². The van der Waals surface area contributed by atoms with Crippen LogP contribution in [0, 0.1) is 17.0 Å². The fourth-order valence-electron chi connectivity index (χ4n) is 2.21. The number of fused-ring (bicyclic) bond motifs is 1. The Morgan fingerprint density at radius 3 is 3.05 bits per heavy atom. The Morgan fingerprint density at radius 1 is 1.53 bits per heavy atom. The fourth-order valence-corrected chi connectivity index (χ4v) is 4.21. The van der Waals surface area contributed by atoms with Crippen molar-refractivity contribution in [1.29, 1.82) is 0 Å². The summed E-state index contributed by atoms with van der Waals surface area (Å²) in [6.45, 7) is 1.91. The van der Waals surface area contributed by atoms with Gasteiger partial charge in [0.05, 0.1) is 20.1 Å². The van der Waals surface area contributed by atoms with E-state index in [1.165, 1.54) is 11.3 Å². The van der Waals surface area contributed by atoms with Crippen LogP contribution in [0.2, 0.25) is 0 Å². The zero-order valence-corrected chi connectivity index (χ0v) is 12.0. The van der Waals surface area contributed by atoms with Gasteiger partial charge in [-0.05, 0) is 25.2 Å². The second-order valence-electron chi connectivity index (χ2n) is 4.53. The number of thioether (sulfide) groups is 1. The minimum Gasteiger partial charge on any atom is -0.376 e. The van der Waals surface area contributed by atoms with Gasteiger partial charge >= 0.3 is 0 Å². The van der Waals surface area contributed by atoms with E-state index in [-0.39, 0.29) is 10.6 Å². The highest BCUT2D eigenvalue weighted by Gasteiger charge is 2.22. The first kappa shape index (κ1) is 12.7. The zero-order valence-electron chi connectivity index (χ0n) is 10.4. The molecular weight excluding hydrogens is 282 g/mol. The van der Waals surface area contributed by atoms with E-state index in [2.05, 4.69) is 10.3 Å². The molecule has 0 saturated carbocycles.